The molecule has 1 heterocycles. The first-order chi connectivity index (χ1) is 13.7. The molecule has 0 aliphatic carbocycles. The van der Waals surface area contributed by atoms with Gasteiger partial charge in [-0.1, -0.05) is 72.8 Å². The predicted molar refractivity (Wildman–Crippen MR) is 110 cm³/mol. The molecule has 4 rings (SSSR count). The molecule has 1 aromatic heterocycles. The van der Waals surface area contributed by atoms with Gasteiger partial charge in [0.15, 0.2) is 0 Å². The van der Waals surface area contributed by atoms with Crippen LogP contribution in [0.4, 0.5) is 0 Å². The van der Waals surface area contributed by atoms with Gasteiger partial charge < -0.3 is 14.6 Å². The maximum atomic E-state index is 11.0. The molecule has 29 heavy (non-hydrogen) atoms. The minimum Gasteiger partial charge on any atom is -0.545 e. The van der Waals surface area contributed by atoms with Crippen LogP contribution < -0.4 is 39.4 Å². The third-order valence-electron chi connectivity index (χ3n) is 4.46. The Hall–Kier alpha value is -2.37. The molecule has 0 fully saturated rings. The van der Waals surface area contributed by atoms with Gasteiger partial charge in [0.1, 0.15) is 12.4 Å². The molecule has 0 aliphatic rings. The van der Waals surface area contributed by atoms with Crippen molar-refractivity contribution >= 4 is 17.3 Å². The van der Waals surface area contributed by atoms with Crippen molar-refractivity contribution in [2.75, 3.05) is 0 Å². The zero-order valence-corrected chi connectivity index (χ0v) is 18.8. The molecule has 0 aliphatic heterocycles. The summed E-state index contributed by atoms with van der Waals surface area (Å²) < 4.78 is 6.11. The minimum absolute atomic E-state index is 0. The van der Waals surface area contributed by atoms with Gasteiger partial charge in [-0.15, -0.1) is 11.3 Å². The van der Waals surface area contributed by atoms with Crippen LogP contribution in [0.2, 0.25) is 0 Å². The van der Waals surface area contributed by atoms with Crippen molar-refractivity contribution in [1.29, 1.82) is 0 Å². The SMILES string of the molecule is O=C([O-])c1ccc(-c2sccc2-c2ccccc2OCc2ccccc2)cc1.[Na+]. The molecule has 0 spiro atoms. The summed E-state index contributed by atoms with van der Waals surface area (Å²) in [5.41, 5.74) is 4.33. The Morgan fingerprint density at radius 2 is 1.52 bits per heavy atom. The predicted octanol–water partition coefficient (Wildman–Crippen LogP) is 2.03. The Labute approximate surface area is 195 Å². The van der Waals surface area contributed by atoms with Crippen molar-refractivity contribution in [3.63, 3.8) is 0 Å². The van der Waals surface area contributed by atoms with E-state index in [1.54, 1.807) is 23.5 Å². The van der Waals surface area contributed by atoms with Gasteiger partial charge in [-0.05, 0) is 34.2 Å². The summed E-state index contributed by atoms with van der Waals surface area (Å²) in [5, 5.41) is 13.0. The Balaban J connectivity index is 0.00000240. The Bertz CT molecular complexity index is 1090. The number of carbonyl (C=O) groups is 1. The zero-order chi connectivity index (χ0) is 19.3. The van der Waals surface area contributed by atoms with Gasteiger partial charge in [0.25, 0.3) is 0 Å². The van der Waals surface area contributed by atoms with Crippen molar-refractivity contribution < 1.29 is 44.2 Å². The Kier molecular flexibility index (Phi) is 7.29. The van der Waals surface area contributed by atoms with Crippen LogP contribution >= 0.6 is 11.3 Å². The van der Waals surface area contributed by atoms with E-state index in [-0.39, 0.29) is 35.1 Å². The maximum Gasteiger partial charge on any atom is 1.00 e. The average Bonchev–Trinajstić information content (AvgIpc) is 3.23. The van der Waals surface area contributed by atoms with Gasteiger partial charge in [0.05, 0.1) is 5.97 Å². The number of carboxylic acid groups (broad SMARTS) is 1. The second-order valence-electron chi connectivity index (χ2n) is 6.30. The second-order valence-corrected chi connectivity index (χ2v) is 7.21. The molecule has 0 radical (unpaired) electrons. The van der Waals surface area contributed by atoms with Gasteiger partial charge in [-0.2, -0.15) is 0 Å². The van der Waals surface area contributed by atoms with Crippen LogP contribution in [0.3, 0.4) is 0 Å². The molecular weight excluding hydrogens is 391 g/mol. The summed E-state index contributed by atoms with van der Waals surface area (Å²) in [5.74, 6) is -0.352. The smallest absolute Gasteiger partial charge is 0.545 e. The van der Waals surface area contributed by atoms with Crippen LogP contribution in [0, 0.1) is 0 Å². The van der Waals surface area contributed by atoms with E-state index in [4.69, 9.17) is 4.74 Å². The van der Waals surface area contributed by atoms with Gasteiger partial charge >= 0.3 is 29.6 Å². The summed E-state index contributed by atoms with van der Waals surface area (Å²) in [6.45, 7) is 0.498. The van der Waals surface area contributed by atoms with Crippen molar-refractivity contribution in [2.45, 2.75) is 6.61 Å². The van der Waals surface area contributed by atoms with Gasteiger partial charge in [-0.3, -0.25) is 0 Å². The molecule has 0 N–H and O–H groups in total. The number of thiophene rings is 1. The summed E-state index contributed by atoms with van der Waals surface area (Å²) in [6.07, 6.45) is 0. The standard InChI is InChI=1S/C24H18O3S.Na/c25-24(26)19-12-10-18(11-13-19)23-21(14-15-28-23)20-8-4-5-9-22(20)27-16-17-6-2-1-3-7-17;/h1-15H,16H2,(H,25,26);/q;+1/p-1. The molecule has 0 amide bonds. The quantitative estimate of drug-likeness (QED) is 0.459. The fourth-order valence-electron chi connectivity index (χ4n) is 3.05. The van der Waals surface area contributed by atoms with E-state index < -0.39 is 5.97 Å². The van der Waals surface area contributed by atoms with Crippen LogP contribution in [-0.2, 0) is 6.61 Å². The van der Waals surface area contributed by atoms with Gasteiger partial charge in [-0.25, -0.2) is 0 Å². The van der Waals surface area contributed by atoms with E-state index >= 15 is 0 Å². The number of hydrogen-bond acceptors (Lipinski definition) is 4. The molecule has 3 nitrogen and oxygen atoms in total. The number of ether oxygens (including phenoxy) is 1. The van der Waals surface area contributed by atoms with Crippen molar-refractivity contribution in [2.24, 2.45) is 0 Å². The number of rotatable bonds is 6. The summed E-state index contributed by atoms with van der Waals surface area (Å²) in [6, 6.07) is 26.9. The molecule has 0 unspecified atom stereocenters. The van der Waals surface area contributed by atoms with E-state index in [1.807, 2.05) is 72.1 Å². The normalized spacial score (nSPS) is 10.2. The molecule has 0 saturated carbocycles. The van der Waals surface area contributed by atoms with E-state index in [0.29, 0.717) is 6.61 Å². The third-order valence-corrected chi connectivity index (χ3v) is 5.43. The number of benzene rings is 3. The van der Waals surface area contributed by atoms with Gasteiger partial charge in [0, 0.05) is 16.0 Å². The molecule has 0 saturated heterocycles. The van der Waals surface area contributed by atoms with Crippen molar-refractivity contribution in [3.8, 4) is 27.3 Å². The van der Waals surface area contributed by atoms with Crippen LogP contribution in [0.1, 0.15) is 15.9 Å². The molecule has 4 aromatic rings. The zero-order valence-electron chi connectivity index (χ0n) is 16.0. The van der Waals surface area contributed by atoms with E-state index in [0.717, 1.165) is 32.9 Å². The monoisotopic (exact) mass is 408 g/mol. The minimum atomic E-state index is -1.17. The average molecular weight is 408 g/mol. The van der Waals surface area contributed by atoms with Crippen molar-refractivity contribution in [3.05, 3.63) is 101 Å². The maximum absolute atomic E-state index is 11.0. The first-order valence-electron chi connectivity index (χ1n) is 8.88. The molecule has 0 bridgehead atoms. The fourth-order valence-corrected chi connectivity index (χ4v) is 3.97. The Morgan fingerprint density at radius 3 is 2.24 bits per heavy atom. The van der Waals surface area contributed by atoms with Crippen LogP contribution in [0.25, 0.3) is 21.6 Å². The number of carboxylic acids is 1. The fraction of sp³-hybridized carbons (Fsp3) is 0.0417. The van der Waals surface area contributed by atoms with E-state index in [9.17, 15) is 9.90 Å². The first-order valence-corrected chi connectivity index (χ1v) is 9.76. The summed E-state index contributed by atoms with van der Waals surface area (Å²) in [7, 11) is 0. The molecular formula is C24H17NaO3S. The first kappa shape index (κ1) is 21.3. The van der Waals surface area contributed by atoms with Crippen LogP contribution in [-0.4, -0.2) is 5.97 Å². The van der Waals surface area contributed by atoms with Crippen molar-refractivity contribution in [1.82, 2.24) is 0 Å². The second kappa shape index (κ2) is 9.90. The largest absolute Gasteiger partial charge is 1.00 e. The summed E-state index contributed by atoms with van der Waals surface area (Å²) in [4.78, 5) is 12.1. The van der Waals surface area contributed by atoms with E-state index in [1.165, 1.54) is 0 Å². The van der Waals surface area contributed by atoms with Crippen LogP contribution in [0.5, 0.6) is 5.75 Å². The number of carbonyl (C=O) groups excluding carboxylic acids is 1. The molecule has 0 atom stereocenters. The van der Waals surface area contributed by atoms with E-state index in [2.05, 4.69) is 6.07 Å². The molecule has 138 valence electrons. The number of aromatic carboxylic acids is 1. The number of hydrogen-bond donors (Lipinski definition) is 0. The third kappa shape index (κ3) is 4.98. The Morgan fingerprint density at radius 1 is 0.828 bits per heavy atom. The molecule has 5 heteroatoms. The van der Waals surface area contributed by atoms with Gasteiger partial charge in [0.2, 0.25) is 0 Å². The number of para-hydroxylation sites is 1. The topological polar surface area (TPSA) is 49.4 Å². The summed E-state index contributed by atoms with van der Waals surface area (Å²) >= 11 is 1.62. The molecule has 3 aromatic carbocycles. The van der Waals surface area contributed by atoms with Crippen LogP contribution in [0.15, 0.2) is 90.3 Å².